The first-order chi connectivity index (χ1) is 10.1. The summed E-state index contributed by atoms with van der Waals surface area (Å²) in [7, 11) is 0. The standard InChI is InChI=1S/C16H14FN3O/c1-12-5-4-7-14(17)16(12)18-15(21)10-19-9-13-6-2-3-8-20(13)11-19/h2-9,11H,10H2,1H3/p+1. The molecular formula is C16H15FN3O+. The average Bonchev–Trinajstić information content (AvgIpc) is 2.85. The van der Waals surface area contributed by atoms with E-state index in [2.05, 4.69) is 5.32 Å². The van der Waals surface area contributed by atoms with Crippen molar-refractivity contribution < 1.29 is 13.8 Å². The number of anilines is 1. The van der Waals surface area contributed by atoms with E-state index in [0.29, 0.717) is 5.56 Å². The lowest BCUT2D eigenvalue weighted by atomic mass is 10.2. The third-order valence-corrected chi connectivity index (χ3v) is 3.31. The smallest absolute Gasteiger partial charge is 0.266 e. The van der Waals surface area contributed by atoms with Crippen LogP contribution >= 0.6 is 0 Å². The van der Waals surface area contributed by atoms with E-state index in [0.717, 1.165) is 5.52 Å². The molecule has 0 saturated heterocycles. The van der Waals surface area contributed by atoms with E-state index in [4.69, 9.17) is 0 Å². The second-order valence-electron chi connectivity index (χ2n) is 4.93. The monoisotopic (exact) mass is 284 g/mol. The molecule has 106 valence electrons. The molecule has 0 aliphatic carbocycles. The van der Waals surface area contributed by atoms with Crippen LogP contribution in [0.4, 0.5) is 10.1 Å². The first-order valence-corrected chi connectivity index (χ1v) is 6.64. The zero-order chi connectivity index (χ0) is 14.8. The summed E-state index contributed by atoms with van der Waals surface area (Å²) >= 11 is 0. The molecule has 0 atom stereocenters. The number of hydrogen-bond donors (Lipinski definition) is 1. The zero-order valence-electron chi connectivity index (χ0n) is 11.6. The largest absolute Gasteiger partial charge is 0.320 e. The Bertz CT molecular complexity index is 757. The summed E-state index contributed by atoms with van der Waals surface area (Å²) in [4.78, 5) is 12.1. The van der Waals surface area contributed by atoms with Gasteiger partial charge in [0.25, 0.3) is 5.91 Å². The summed E-state index contributed by atoms with van der Waals surface area (Å²) in [5, 5.41) is 2.63. The van der Waals surface area contributed by atoms with Gasteiger partial charge in [0.15, 0.2) is 12.1 Å². The normalized spacial score (nSPS) is 10.8. The van der Waals surface area contributed by atoms with Crippen molar-refractivity contribution in [1.29, 1.82) is 0 Å². The maximum atomic E-state index is 13.7. The molecule has 3 rings (SSSR count). The van der Waals surface area contributed by atoms with Gasteiger partial charge in [0.1, 0.15) is 12.0 Å². The van der Waals surface area contributed by atoms with Gasteiger partial charge in [0.2, 0.25) is 6.33 Å². The van der Waals surface area contributed by atoms with E-state index in [9.17, 15) is 9.18 Å². The lowest BCUT2D eigenvalue weighted by molar-refractivity contribution is -0.682. The van der Waals surface area contributed by atoms with Crippen molar-refractivity contribution in [2.45, 2.75) is 13.5 Å². The topological polar surface area (TPSA) is 37.4 Å². The number of pyridine rings is 1. The van der Waals surface area contributed by atoms with Crippen molar-refractivity contribution in [2.75, 3.05) is 5.32 Å². The molecule has 21 heavy (non-hydrogen) atoms. The van der Waals surface area contributed by atoms with Crippen molar-refractivity contribution in [1.82, 2.24) is 4.40 Å². The summed E-state index contributed by atoms with van der Waals surface area (Å²) in [6.07, 6.45) is 5.60. The van der Waals surface area contributed by atoms with Gasteiger partial charge in [-0.05, 0) is 30.7 Å². The van der Waals surface area contributed by atoms with E-state index < -0.39 is 5.82 Å². The van der Waals surface area contributed by atoms with Crippen molar-refractivity contribution in [3.8, 4) is 0 Å². The van der Waals surface area contributed by atoms with Crippen LogP contribution in [-0.2, 0) is 11.3 Å². The number of halogens is 1. The van der Waals surface area contributed by atoms with Crippen LogP contribution in [0.2, 0.25) is 0 Å². The number of fused-ring (bicyclic) bond motifs is 1. The van der Waals surface area contributed by atoms with Gasteiger partial charge in [-0.25, -0.2) is 13.4 Å². The highest BCUT2D eigenvalue weighted by Crippen LogP contribution is 2.18. The second kappa shape index (κ2) is 5.36. The Morgan fingerprint density at radius 1 is 1.29 bits per heavy atom. The molecule has 1 amide bonds. The summed E-state index contributed by atoms with van der Waals surface area (Å²) in [6.45, 7) is 1.90. The van der Waals surface area contributed by atoms with E-state index in [-0.39, 0.29) is 18.1 Å². The molecule has 0 bridgehead atoms. The number of nitrogens with zero attached hydrogens (tertiary/aromatic N) is 2. The molecule has 2 heterocycles. The zero-order valence-corrected chi connectivity index (χ0v) is 11.6. The maximum Gasteiger partial charge on any atom is 0.266 e. The molecule has 3 aromatic rings. The lowest BCUT2D eigenvalue weighted by Crippen LogP contribution is -2.38. The second-order valence-corrected chi connectivity index (χ2v) is 4.93. The molecule has 1 aromatic carbocycles. The molecule has 0 fully saturated rings. The highest BCUT2D eigenvalue weighted by atomic mass is 19.1. The summed E-state index contributed by atoms with van der Waals surface area (Å²) in [6, 6.07) is 10.5. The lowest BCUT2D eigenvalue weighted by Gasteiger charge is -2.08. The number of carbonyl (C=O) groups is 1. The number of nitrogens with one attached hydrogen (secondary N) is 1. The third kappa shape index (κ3) is 2.76. The van der Waals surface area contributed by atoms with E-state index >= 15 is 0 Å². The number of rotatable bonds is 3. The molecule has 0 aliphatic heterocycles. The average molecular weight is 284 g/mol. The molecule has 0 saturated carbocycles. The fourth-order valence-electron chi connectivity index (χ4n) is 2.27. The van der Waals surface area contributed by atoms with Crippen LogP contribution < -0.4 is 9.88 Å². The predicted octanol–water partition coefficient (Wildman–Crippen LogP) is 2.31. The van der Waals surface area contributed by atoms with E-state index in [1.54, 1.807) is 23.6 Å². The number of hydrogen-bond acceptors (Lipinski definition) is 1. The molecular weight excluding hydrogens is 269 g/mol. The van der Waals surface area contributed by atoms with Gasteiger partial charge in [0, 0.05) is 0 Å². The first kappa shape index (κ1) is 13.3. The van der Waals surface area contributed by atoms with E-state index in [1.165, 1.54) is 6.07 Å². The number of imidazole rings is 1. The Labute approximate surface area is 121 Å². The Hall–Kier alpha value is -2.69. The molecule has 0 aliphatic rings. The molecule has 0 radical (unpaired) electrons. The fraction of sp³-hybridized carbons (Fsp3) is 0.125. The van der Waals surface area contributed by atoms with Gasteiger partial charge in [-0.1, -0.05) is 18.2 Å². The van der Waals surface area contributed by atoms with Gasteiger partial charge in [-0.2, -0.15) is 0 Å². The van der Waals surface area contributed by atoms with Crippen molar-refractivity contribution in [2.24, 2.45) is 0 Å². The van der Waals surface area contributed by atoms with Crippen LogP contribution in [0.5, 0.6) is 0 Å². The Morgan fingerprint density at radius 2 is 2.14 bits per heavy atom. The molecule has 1 N–H and O–H groups in total. The van der Waals surface area contributed by atoms with Crippen molar-refractivity contribution in [3.63, 3.8) is 0 Å². The van der Waals surface area contributed by atoms with Gasteiger partial charge in [-0.3, -0.25) is 4.79 Å². The van der Waals surface area contributed by atoms with Gasteiger partial charge in [0.05, 0.1) is 11.9 Å². The highest BCUT2D eigenvalue weighted by Gasteiger charge is 2.13. The predicted molar refractivity (Wildman–Crippen MR) is 77.4 cm³/mol. The van der Waals surface area contributed by atoms with Crippen LogP contribution in [0, 0.1) is 12.7 Å². The van der Waals surface area contributed by atoms with Crippen LogP contribution in [0.1, 0.15) is 5.56 Å². The Morgan fingerprint density at radius 3 is 2.90 bits per heavy atom. The summed E-state index contributed by atoms with van der Waals surface area (Å²) < 4.78 is 17.4. The molecule has 0 spiro atoms. The fourth-order valence-corrected chi connectivity index (χ4v) is 2.27. The molecule has 2 aromatic heterocycles. The van der Waals surface area contributed by atoms with Crippen LogP contribution in [-0.4, -0.2) is 10.3 Å². The Balaban J connectivity index is 1.77. The van der Waals surface area contributed by atoms with Crippen LogP contribution in [0.15, 0.2) is 55.1 Å². The van der Waals surface area contributed by atoms with Gasteiger partial charge in [-0.15, -0.1) is 0 Å². The highest BCUT2D eigenvalue weighted by molar-refractivity contribution is 5.90. The number of aryl methyl sites for hydroxylation is 1. The minimum Gasteiger partial charge on any atom is -0.320 e. The Kier molecular flexibility index (Phi) is 3.39. The molecule has 4 nitrogen and oxygen atoms in total. The summed E-state index contributed by atoms with van der Waals surface area (Å²) in [5.74, 6) is -0.681. The number of aromatic nitrogens is 2. The minimum absolute atomic E-state index is 0.134. The number of amides is 1. The number of benzene rings is 1. The minimum atomic E-state index is -0.421. The van der Waals surface area contributed by atoms with Gasteiger partial charge >= 0.3 is 0 Å². The van der Waals surface area contributed by atoms with Crippen molar-refractivity contribution in [3.05, 3.63) is 66.5 Å². The number of para-hydroxylation sites is 1. The van der Waals surface area contributed by atoms with Crippen molar-refractivity contribution >= 4 is 17.1 Å². The van der Waals surface area contributed by atoms with Crippen LogP contribution in [0.3, 0.4) is 0 Å². The third-order valence-electron chi connectivity index (χ3n) is 3.31. The maximum absolute atomic E-state index is 13.7. The quantitative estimate of drug-likeness (QED) is 0.736. The summed E-state index contributed by atoms with van der Waals surface area (Å²) in [5.41, 5.74) is 1.94. The SMILES string of the molecule is Cc1cccc(F)c1NC(=O)C[n+]1cc2ccccn2c1. The van der Waals surface area contributed by atoms with Gasteiger partial charge < -0.3 is 5.32 Å². The van der Waals surface area contributed by atoms with E-state index in [1.807, 2.05) is 41.3 Å². The van der Waals surface area contributed by atoms with Crippen LogP contribution in [0.25, 0.3) is 5.52 Å². The first-order valence-electron chi connectivity index (χ1n) is 6.64. The number of carbonyl (C=O) groups excluding carboxylic acids is 1. The molecule has 5 heteroatoms. The molecule has 0 unspecified atom stereocenters.